The second-order valence-corrected chi connectivity index (χ2v) is 17.5. The van der Waals surface area contributed by atoms with Crippen LogP contribution in [0, 0.1) is 0 Å². The van der Waals surface area contributed by atoms with E-state index < -0.39 is 32.5 Å². The Kier molecular flexibility index (Phi) is 36.1. The quantitative estimate of drug-likeness (QED) is 0.0198. The molecular weight excluding hydrogens is 701 g/mol. The summed E-state index contributed by atoms with van der Waals surface area (Å²) in [6.45, 7) is 4.20. The average Bonchev–Trinajstić information content (AvgIpc) is 3.12. The third-order valence-corrected chi connectivity index (χ3v) is 10.4. The van der Waals surface area contributed by atoms with Crippen LogP contribution in [-0.4, -0.2) is 70.0 Å². The Morgan fingerprint density at radius 2 is 0.944 bits per heavy atom. The van der Waals surface area contributed by atoms with Crippen LogP contribution in [0.5, 0.6) is 0 Å². The van der Waals surface area contributed by atoms with Crippen LogP contribution in [-0.2, 0) is 32.7 Å². The van der Waals surface area contributed by atoms with Gasteiger partial charge in [0.05, 0.1) is 27.7 Å². The van der Waals surface area contributed by atoms with Gasteiger partial charge in [-0.15, -0.1) is 0 Å². The highest BCUT2D eigenvalue weighted by Crippen LogP contribution is 2.38. The van der Waals surface area contributed by atoms with Gasteiger partial charge in [0.25, 0.3) is 7.82 Å². The Morgan fingerprint density at radius 3 is 1.41 bits per heavy atom. The highest BCUT2D eigenvalue weighted by Gasteiger charge is 2.21. The number of esters is 2. The number of hydrogen-bond acceptors (Lipinski definition) is 8. The number of nitrogens with zero attached hydrogens (tertiary/aromatic N) is 1. The number of likely N-dealkylation sites (N-methyl/N-ethyl adjacent to an activating group) is 1. The fourth-order valence-corrected chi connectivity index (χ4v) is 6.67. The van der Waals surface area contributed by atoms with E-state index >= 15 is 0 Å². The van der Waals surface area contributed by atoms with Crippen molar-refractivity contribution >= 4 is 19.8 Å². The predicted molar refractivity (Wildman–Crippen MR) is 222 cm³/mol. The molecule has 0 aliphatic heterocycles. The standard InChI is InChI=1S/C44H84NO8P/c1-6-8-10-12-14-16-18-20-22-24-26-28-30-32-34-36-43(46)50-40-42(41-52-54(48,49)51-39-38-45(3,4)5)53-44(47)37-35-33-31-29-27-25-23-21-19-17-15-13-11-9-7-2/h16,18,25,27,42H,6-15,17,19-24,26,28-41H2,1-5H3/b18-16+,27-25+/t42-/m1/s1. The first-order valence-electron chi connectivity index (χ1n) is 22.0. The molecule has 2 atom stereocenters. The van der Waals surface area contributed by atoms with E-state index in [1.54, 1.807) is 0 Å². The number of carbonyl (C=O) groups is 2. The first kappa shape index (κ1) is 52.5. The maximum atomic E-state index is 12.7. The monoisotopic (exact) mass is 786 g/mol. The molecule has 0 aromatic rings. The van der Waals surface area contributed by atoms with Gasteiger partial charge in [-0.05, 0) is 64.2 Å². The van der Waals surface area contributed by atoms with E-state index in [2.05, 4.69) is 38.2 Å². The zero-order valence-corrected chi connectivity index (χ0v) is 36.6. The van der Waals surface area contributed by atoms with E-state index in [9.17, 15) is 19.0 Å². The molecule has 0 bridgehead atoms. The molecule has 0 fully saturated rings. The van der Waals surface area contributed by atoms with Gasteiger partial charge in [-0.1, -0.05) is 141 Å². The second-order valence-electron chi connectivity index (χ2n) is 16.1. The Balaban J connectivity index is 4.38. The Bertz CT molecular complexity index is 980. The van der Waals surface area contributed by atoms with E-state index in [4.69, 9.17) is 18.5 Å². The lowest BCUT2D eigenvalue weighted by molar-refractivity contribution is -0.870. The Hall–Kier alpha value is -1.51. The number of hydrogen-bond donors (Lipinski definition) is 0. The van der Waals surface area contributed by atoms with Gasteiger partial charge >= 0.3 is 11.9 Å². The third kappa shape index (κ3) is 40.2. The minimum atomic E-state index is -4.62. The van der Waals surface area contributed by atoms with Gasteiger partial charge in [-0.3, -0.25) is 14.2 Å². The van der Waals surface area contributed by atoms with Gasteiger partial charge in [0.1, 0.15) is 19.8 Å². The molecule has 0 aromatic carbocycles. The number of ether oxygens (including phenoxy) is 2. The number of rotatable bonds is 40. The van der Waals surface area contributed by atoms with Gasteiger partial charge in [-0.2, -0.15) is 0 Å². The number of allylic oxidation sites excluding steroid dienone is 4. The molecule has 10 heteroatoms. The van der Waals surface area contributed by atoms with Crippen molar-refractivity contribution in [1.82, 2.24) is 0 Å². The molecule has 54 heavy (non-hydrogen) atoms. The lowest BCUT2D eigenvalue weighted by Gasteiger charge is -2.28. The normalized spacial score (nSPS) is 13.8. The van der Waals surface area contributed by atoms with E-state index in [-0.39, 0.29) is 26.1 Å². The van der Waals surface area contributed by atoms with Crippen LogP contribution in [0.15, 0.2) is 24.3 Å². The van der Waals surface area contributed by atoms with E-state index in [1.807, 2.05) is 21.1 Å². The minimum absolute atomic E-state index is 0.0330. The number of unbranched alkanes of at least 4 members (excludes halogenated alkanes) is 22. The highest BCUT2D eigenvalue weighted by molar-refractivity contribution is 7.45. The Morgan fingerprint density at radius 1 is 0.556 bits per heavy atom. The average molecular weight is 786 g/mol. The van der Waals surface area contributed by atoms with Crippen LogP contribution in [0.4, 0.5) is 0 Å². The van der Waals surface area contributed by atoms with Gasteiger partial charge in [0.15, 0.2) is 6.10 Å². The molecule has 318 valence electrons. The lowest BCUT2D eigenvalue weighted by atomic mass is 10.1. The van der Waals surface area contributed by atoms with E-state index in [1.165, 1.54) is 103 Å². The van der Waals surface area contributed by atoms with Crippen molar-refractivity contribution in [2.24, 2.45) is 0 Å². The van der Waals surface area contributed by atoms with Crippen molar-refractivity contribution in [3.8, 4) is 0 Å². The van der Waals surface area contributed by atoms with Crippen LogP contribution in [0.25, 0.3) is 0 Å². The summed E-state index contributed by atoms with van der Waals surface area (Å²) in [7, 11) is 1.16. The molecule has 0 N–H and O–H groups in total. The molecule has 0 saturated carbocycles. The number of phosphoric acid groups is 1. The van der Waals surface area contributed by atoms with Crippen molar-refractivity contribution in [2.45, 2.75) is 200 Å². The fourth-order valence-electron chi connectivity index (χ4n) is 5.94. The van der Waals surface area contributed by atoms with Gasteiger partial charge in [0.2, 0.25) is 0 Å². The maximum Gasteiger partial charge on any atom is 0.306 e. The largest absolute Gasteiger partial charge is 0.756 e. The zero-order chi connectivity index (χ0) is 40.0. The molecule has 0 amide bonds. The summed E-state index contributed by atoms with van der Waals surface area (Å²) in [4.78, 5) is 37.5. The molecule has 0 spiro atoms. The predicted octanol–water partition coefficient (Wildman–Crippen LogP) is 11.7. The van der Waals surface area contributed by atoms with Crippen molar-refractivity contribution in [2.75, 3.05) is 47.5 Å². The van der Waals surface area contributed by atoms with Crippen LogP contribution >= 0.6 is 7.82 Å². The highest BCUT2D eigenvalue weighted by atomic mass is 31.2. The van der Waals surface area contributed by atoms with Crippen molar-refractivity contribution in [3.63, 3.8) is 0 Å². The van der Waals surface area contributed by atoms with Crippen LogP contribution < -0.4 is 4.89 Å². The number of phosphoric ester groups is 1. The summed E-state index contributed by atoms with van der Waals surface area (Å²) in [6, 6.07) is 0. The molecule has 0 aromatic heterocycles. The smallest absolute Gasteiger partial charge is 0.306 e. The molecule has 0 aliphatic rings. The Labute approximate surface area is 332 Å². The lowest BCUT2D eigenvalue weighted by Crippen LogP contribution is -2.37. The van der Waals surface area contributed by atoms with Crippen molar-refractivity contribution in [1.29, 1.82) is 0 Å². The molecule has 0 radical (unpaired) electrons. The zero-order valence-electron chi connectivity index (χ0n) is 35.7. The molecule has 9 nitrogen and oxygen atoms in total. The maximum absolute atomic E-state index is 12.7. The molecule has 0 heterocycles. The molecule has 0 saturated heterocycles. The number of quaternary nitrogens is 1. The molecule has 0 rings (SSSR count). The summed E-state index contributed by atoms with van der Waals surface area (Å²) in [5.41, 5.74) is 0. The van der Waals surface area contributed by atoms with Crippen LogP contribution in [0.3, 0.4) is 0 Å². The number of carbonyl (C=O) groups excluding carboxylic acids is 2. The summed E-state index contributed by atoms with van der Waals surface area (Å²) in [6.07, 6.45) is 39.1. The first-order chi connectivity index (χ1) is 26.0. The molecule has 0 aliphatic carbocycles. The fraction of sp³-hybridized carbons (Fsp3) is 0.864. The summed E-state index contributed by atoms with van der Waals surface area (Å²) in [5, 5.41) is 0. The minimum Gasteiger partial charge on any atom is -0.756 e. The van der Waals surface area contributed by atoms with Crippen molar-refractivity contribution < 1.29 is 42.1 Å². The van der Waals surface area contributed by atoms with Gasteiger partial charge in [-0.25, -0.2) is 0 Å². The third-order valence-electron chi connectivity index (χ3n) is 9.44. The second kappa shape index (κ2) is 37.1. The molecule has 1 unspecified atom stereocenters. The summed E-state index contributed by atoms with van der Waals surface area (Å²) < 4.78 is 33.9. The first-order valence-corrected chi connectivity index (χ1v) is 23.5. The summed E-state index contributed by atoms with van der Waals surface area (Å²) in [5.74, 6) is -0.854. The van der Waals surface area contributed by atoms with Gasteiger partial charge in [0, 0.05) is 12.8 Å². The van der Waals surface area contributed by atoms with Gasteiger partial charge < -0.3 is 27.9 Å². The van der Waals surface area contributed by atoms with Crippen LogP contribution in [0.1, 0.15) is 194 Å². The summed E-state index contributed by atoms with van der Waals surface area (Å²) >= 11 is 0. The van der Waals surface area contributed by atoms with E-state index in [0.29, 0.717) is 17.4 Å². The van der Waals surface area contributed by atoms with E-state index in [0.717, 1.165) is 57.8 Å². The molecular formula is C44H84NO8P. The topological polar surface area (TPSA) is 111 Å². The SMILES string of the molecule is CCCCCC/C=C/CCCCCCCCCC(=O)OC[C@H](COP(=O)([O-])OCC[N+](C)(C)C)OC(=O)CCCCC/C=C/CCCCCCCCCC. The van der Waals surface area contributed by atoms with Crippen molar-refractivity contribution in [3.05, 3.63) is 24.3 Å². The van der Waals surface area contributed by atoms with Crippen LogP contribution in [0.2, 0.25) is 0 Å².